The molecule has 1 amide bonds. The summed E-state index contributed by atoms with van der Waals surface area (Å²) in [4.78, 5) is 24.9. The first-order chi connectivity index (χ1) is 5.18. The van der Waals surface area contributed by atoms with Crippen molar-refractivity contribution in [3.05, 3.63) is 21.8 Å². The van der Waals surface area contributed by atoms with Gasteiger partial charge in [0.05, 0.1) is 0 Å². The number of nitrogens with one attached hydrogen (secondary N) is 1. The van der Waals surface area contributed by atoms with E-state index in [2.05, 4.69) is 10.3 Å². The third kappa shape index (κ3) is 2.46. The van der Waals surface area contributed by atoms with Gasteiger partial charge >= 0.3 is 0 Å². The number of carbonyl (C=O) groups is 1. The minimum absolute atomic E-state index is 0.122. The van der Waals surface area contributed by atoms with Gasteiger partial charge in [-0.15, -0.1) is 0 Å². The lowest BCUT2D eigenvalue weighted by Gasteiger charge is -1.95. The number of anilines is 1. The first-order valence-corrected chi connectivity index (χ1v) is 3.74. The number of carbonyl (C=O) groups excluding carboxylic acids is 1. The van der Waals surface area contributed by atoms with E-state index in [1.807, 2.05) is 0 Å². The number of nitrogens with zero attached hydrogens (tertiary/aromatic N) is 1. The van der Waals surface area contributed by atoms with Gasteiger partial charge in [-0.1, -0.05) is 11.3 Å². The van der Waals surface area contributed by atoms with Gasteiger partial charge in [0.25, 0.3) is 0 Å². The molecule has 4 nitrogen and oxygen atoms in total. The molecular formula is C6H6N2O2S. The Kier molecular flexibility index (Phi) is 2.32. The maximum Gasteiger partial charge on any atom is 0.237 e. The highest BCUT2D eigenvalue weighted by Gasteiger charge is 1.96. The highest BCUT2D eigenvalue weighted by atomic mass is 32.1. The summed E-state index contributed by atoms with van der Waals surface area (Å²) in [6.45, 7) is 1.37. The molecule has 1 heterocycles. The quantitative estimate of drug-likeness (QED) is 0.666. The zero-order chi connectivity index (χ0) is 8.27. The third-order valence-corrected chi connectivity index (χ3v) is 1.62. The lowest BCUT2D eigenvalue weighted by molar-refractivity contribution is -0.114. The largest absolute Gasteiger partial charge is 0.302 e. The highest BCUT2D eigenvalue weighted by Crippen LogP contribution is 2.02. The molecule has 0 bridgehead atoms. The van der Waals surface area contributed by atoms with Crippen LogP contribution in [-0.2, 0) is 4.79 Å². The van der Waals surface area contributed by atoms with Crippen LogP contribution >= 0.6 is 11.3 Å². The van der Waals surface area contributed by atoms with Crippen molar-refractivity contribution in [2.45, 2.75) is 6.92 Å². The SMILES string of the molecule is CC(=O)Nc1nccc(=O)s1. The molecule has 1 aromatic rings. The van der Waals surface area contributed by atoms with E-state index in [0.717, 1.165) is 11.3 Å². The topological polar surface area (TPSA) is 59.1 Å². The smallest absolute Gasteiger partial charge is 0.237 e. The van der Waals surface area contributed by atoms with Crippen LogP contribution in [0.25, 0.3) is 0 Å². The molecule has 1 rings (SSSR count). The molecule has 0 spiro atoms. The van der Waals surface area contributed by atoms with E-state index in [9.17, 15) is 9.59 Å². The molecule has 58 valence electrons. The second kappa shape index (κ2) is 3.25. The van der Waals surface area contributed by atoms with Gasteiger partial charge < -0.3 is 5.32 Å². The van der Waals surface area contributed by atoms with E-state index in [1.54, 1.807) is 0 Å². The van der Waals surface area contributed by atoms with Gasteiger partial charge in [-0.2, -0.15) is 0 Å². The summed E-state index contributed by atoms with van der Waals surface area (Å²) in [5, 5.41) is 2.75. The van der Waals surface area contributed by atoms with Crippen LogP contribution in [0.15, 0.2) is 17.1 Å². The first-order valence-electron chi connectivity index (χ1n) is 2.92. The average Bonchev–Trinajstić information content (AvgIpc) is 1.85. The van der Waals surface area contributed by atoms with Crippen LogP contribution in [0, 0.1) is 0 Å². The van der Waals surface area contributed by atoms with Crippen LogP contribution in [0.4, 0.5) is 5.13 Å². The minimum Gasteiger partial charge on any atom is -0.302 e. The molecule has 0 unspecified atom stereocenters. The Balaban J connectivity index is 2.88. The number of hydrogen-bond donors (Lipinski definition) is 1. The Morgan fingerprint density at radius 2 is 2.45 bits per heavy atom. The van der Waals surface area contributed by atoms with Crippen molar-refractivity contribution in [3.8, 4) is 0 Å². The monoisotopic (exact) mass is 170 g/mol. The molecule has 0 aromatic carbocycles. The fraction of sp³-hybridized carbons (Fsp3) is 0.167. The molecule has 1 aromatic heterocycles. The Hall–Kier alpha value is -1.23. The van der Waals surface area contributed by atoms with Crippen molar-refractivity contribution in [1.82, 2.24) is 4.98 Å². The average molecular weight is 170 g/mol. The van der Waals surface area contributed by atoms with E-state index in [4.69, 9.17) is 0 Å². The minimum atomic E-state index is -0.223. The first kappa shape index (κ1) is 7.87. The van der Waals surface area contributed by atoms with Crippen molar-refractivity contribution < 1.29 is 4.79 Å². The molecule has 0 aliphatic rings. The van der Waals surface area contributed by atoms with Gasteiger partial charge in [-0.05, 0) is 0 Å². The van der Waals surface area contributed by atoms with Crippen LogP contribution in [0.2, 0.25) is 0 Å². The van der Waals surface area contributed by atoms with E-state index >= 15 is 0 Å². The highest BCUT2D eigenvalue weighted by molar-refractivity contribution is 7.13. The second-order valence-electron chi connectivity index (χ2n) is 1.85. The molecule has 1 N–H and O–H groups in total. The molecule has 0 aliphatic heterocycles. The van der Waals surface area contributed by atoms with Gasteiger partial charge in [0.1, 0.15) is 0 Å². The van der Waals surface area contributed by atoms with Gasteiger partial charge in [0, 0.05) is 19.2 Å². The molecule has 0 radical (unpaired) electrons. The maximum atomic E-state index is 10.7. The summed E-state index contributed by atoms with van der Waals surface area (Å²) in [6, 6.07) is 1.34. The van der Waals surface area contributed by atoms with E-state index in [1.165, 1.54) is 19.2 Å². The van der Waals surface area contributed by atoms with Gasteiger partial charge in [-0.25, -0.2) is 4.98 Å². The molecule has 11 heavy (non-hydrogen) atoms. The molecule has 0 saturated heterocycles. The van der Waals surface area contributed by atoms with Gasteiger partial charge in [0.15, 0.2) is 5.13 Å². The van der Waals surface area contributed by atoms with Crippen molar-refractivity contribution in [2.24, 2.45) is 0 Å². The summed E-state index contributed by atoms with van der Waals surface area (Å²) in [7, 11) is 0. The molecular weight excluding hydrogens is 164 g/mol. The summed E-state index contributed by atoms with van der Waals surface area (Å²) < 4.78 is -0.122. The molecule has 0 atom stereocenters. The third-order valence-electron chi connectivity index (χ3n) is 0.883. The second-order valence-corrected chi connectivity index (χ2v) is 2.85. The van der Waals surface area contributed by atoms with Crippen molar-refractivity contribution >= 4 is 22.4 Å². The Morgan fingerprint density at radius 3 is 3.00 bits per heavy atom. The Labute approximate surface area is 66.9 Å². The van der Waals surface area contributed by atoms with Crippen molar-refractivity contribution in [1.29, 1.82) is 0 Å². The fourth-order valence-electron chi connectivity index (χ4n) is 0.530. The van der Waals surface area contributed by atoms with Crippen LogP contribution < -0.4 is 10.1 Å². The Bertz CT molecular complexity index is 320. The molecule has 5 heteroatoms. The number of aromatic nitrogens is 1. The lowest BCUT2D eigenvalue weighted by atomic mass is 10.7. The van der Waals surface area contributed by atoms with Crippen LogP contribution in [-0.4, -0.2) is 10.9 Å². The number of rotatable bonds is 1. The van der Waals surface area contributed by atoms with E-state index in [-0.39, 0.29) is 10.6 Å². The Morgan fingerprint density at radius 1 is 1.73 bits per heavy atom. The molecule has 0 aliphatic carbocycles. The lowest BCUT2D eigenvalue weighted by Crippen LogP contribution is -2.07. The predicted molar refractivity (Wildman–Crippen MR) is 42.7 cm³/mol. The van der Waals surface area contributed by atoms with Crippen LogP contribution in [0.3, 0.4) is 0 Å². The van der Waals surface area contributed by atoms with Crippen LogP contribution in [0.5, 0.6) is 0 Å². The van der Waals surface area contributed by atoms with Crippen molar-refractivity contribution in [2.75, 3.05) is 5.32 Å². The van der Waals surface area contributed by atoms with Gasteiger partial charge in [0.2, 0.25) is 10.6 Å². The van der Waals surface area contributed by atoms with Crippen LogP contribution in [0.1, 0.15) is 6.92 Å². The van der Waals surface area contributed by atoms with E-state index < -0.39 is 0 Å². The summed E-state index contributed by atoms with van der Waals surface area (Å²) >= 11 is 0.907. The number of hydrogen-bond acceptors (Lipinski definition) is 4. The zero-order valence-corrected chi connectivity index (χ0v) is 6.64. The summed E-state index contributed by atoms with van der Waals surface area (Å²) in [6.07, 6.45) is 1.37. The zero-order valence-electron chi connectivity index (χ0n) is 5.83. The standard InChI is InChI=1S/C6H6N2O2S/c1-4(9)8-6-7-3-2-5(10)11-6/h2-3H,1H3,(H,7,8,9). The number of amides is 1. The van der Waals surface area contributed by atoms with Crippen molar-refractivity contribution in [3.63, 3.8) is 0 Å². The maximum absolute atomic E-state index is 10.7. The molecule has 0 saturated carbocycles. The summed E-state index contributed by atoms with van der Waals surface area (Å²) in [5.41, 5.74) is 0. The predicted octanol–water partition coefficient (Wildman–Crippen LogP) is 0.462. The summed E-state index contributed by atoms with van der Waals surface area (Å²) in [5.74, 6) is -0.223. The van der Waals surface area contributed by atoms with E-state index in [0.29, 0.717) is 5.13 Å². The normalized spacial score (nSPS) is 9.18. The van der Waals surface area contributed by atoms with Gasteiger partial charge in [-0.3, -0.25) is 9.59 Å². The fourth-order valence-corrected chi connectivity index (χ4v) is 1.16. The molecule has 0 fully saturated rings.